The summed E-state index contributed by atoms with van der Waals surface area (Å²) < 4.78 is 1.83. The number of aliphatic hydroxyl groups excluding tert-OH is 1. The van der Waals surface area contributed by atoms with Gasteiger partial charge in [-0.2, -0.15) is 0 Å². The molecule has 124 valence electrons. The number of nitrogens with one attached hydrogen (secondary N) is 2. The number of urea groups is 1. The number of aliphatic hydroxyl groups is 1. The maximum atomic E-state index is 12.0. The summed E-state index contributed by atoms with van der Waals surface area (Å²) in [5.41, 5.74) is 1.83. The molecule has 2 aromatic carbocycles. The fourth-order valence-electron chi connectivity index (χ4n) is 2.80. The predicted molar refractivity (Wildman–Crippen MR) is 94.6 cm³/mol. The molecule has 0 aliphatic carbocycles. The fraction of sp³-hybridized carbons (Fsp3) is 0.211. The molecule has 3 rings (SSSR count). The van der Waals surface area contributed by atoms with E-state index in [4.69, 9.17) is 0 Å². The zero-order valence-corrected chi connectivity index (χ0v) is 13.6. The maximum Gasteiger partial charge on any atom is 0.315 e. The smallest absolute Gasteiger partial charge is 0.315 e. The summed E-state index contributed by atoms with van der Waals surface area (Å²) in [4.78, 5) is 12.0. The number of benzene rings is 2. The summed E-state index contributed by atoms with van der Waals surface area (Å²) in [6.07, 6.45) is 1.13. The Balaban J connectivity index is 1.55. The summed E-state index contributed by atoms with van der Waals surface area (Å²) >= 11 is 0. The van der Waals surface area contributed by atoms with Crippen LogP contribution in [0.4, 0.5) is 4.79 Å². The molecular formula is C19H21N3O2. The Hall–Kier alpha value is -2.79. The minimum atomic E-state index is -0.728. The Bertz CT molecular complexity index is 836. The van der Waals surface area contributed by atoms with E-state index >= 15 is 0 Å². The number of aromatic nitrogens is 1. The average molecular weight is 323 g/mol. The number of fused-ring (bicyclic) bond motifs is 1. The largest absolute Gasteiger partial charge is 0.385 e. The van der Waals surface area contributed by atoms with Gasteiger partial charge < -0.3 is 20.3 Å². The number of carbonyl (C=O) groups excluding carboxylic acids is 1. The summed E-state index contributed by atoms with van der Waals surface area (Å²) in [6, 6.07) is 17.5. The van der Waals surface area contributed by atoms with Gasteiger partial charge in [0.05, 0.1) is 6.54 Å². The van der Waals surface area contributed by atoms with Gasteiger partial charge in [0.1, 0.15) is 6.10 Å². The standard InChI is InChI=1S/C19H21N3O2/c1-22-11-5-10-17(22)18(23)13-21-19(24)20-12-15-8-4-7-14-6-2-3-9-16(14)15/h2-11,18,23H,12-13H2,1H3,(H2,20,21,24). The van der Waals surface area contributed by atoms with E-state index in [0.717, 1.165) is 22.0 Å². The lowest BCUT2D eigenvalue weighted by atomic mass is 10.0. The Morgan fingerprint density at radius 1 is 1.08 bits per heavy atom. The molecule has 3 N–H and O–H groups in total. The van der Waals surface area contributed by atoms with Crippen LogP contribution in [0.15, 0.2) is 60.8 Å². The van der Waals surface area contributed by atoms with Crippen molar-refractivity contribution in [3.63, 3.8) is 0 Å². The van der Waals surface area contributed by atoms with Crippen LogP contribution in [0.25, 0.3) is 10.8 Å². The molecule has 1 unspecified atom stereocenters. The highest BCUT2D eigenvalue weighted by Gasteiger charge is 2.12. The normalized spacial score (nSPS) is 12.1. The number of aryl methyl sites for hydroxylation is 1. The lowest BCUT2D eigenvalue weighted by Gasteiger charge is -2.14. The van der Waals surface area contributed by atoms with Crippen molar-refractivity contribution in [1.82, 2.24) is 15.2 Å². The first kappa shape index (κ1) is 16.1. The van der Waals surface area contributed by atoms with Gasteiger partial charge >= 0.3 is 6.03 Å². The van der Waals surface area contributed by atoms with Crippen LogP contribution >= 0.6 is 0 Å². The third-order valence-corrected chi connectivity index (χ3v) is 4.10. The van der Waals surface area contributed by atoms with Crippen LogP contribution < -0.4 is 10.6 Å². The highest BCUT2D eigenvalue weighted by Crippen LogP contribution is 2.18. The van der Waals surface area contributed by atoms with E-state index in [1.165, 1.54) is 0 Å². The molecule has 0 fully saturated rings. The second-order valence-corrected chi connectivity index (χ2v) is 5.76. The number of hydrogen-bond acceptors (Lipinski definition) is 2. The summed E-state index contributed by atoms with van der Waals surface area (Å²) in [7, 11) is 1.86. The highest BCUT2D eigenvalue weighted by molar-refractivity contribution is 5.86. The lowest BCUT2D eigenvalue weighted by Crippen LogP contribution is -2.37. The van der Waals surface area contributed by atoms with E-state index in [0.29, 0.717) is 6.54 Å². The van der Waals surface area contributed by atoms with Gasteiger partial charge in [0.25, 0.3) is 0 Å². The van der Waals surface area contributed by atoms with Crippen LogP contribution in [-0.2, 0) is 13.6 Å². The molecule has 3 aromatic rings. The molecule has 24 heavy (non-hydrogen) atoms. The number of hydrogen-bond donors (Lipinski definition) is 3. The van der Waals surface area contributed by atoms with Crippen LogP contribution in [0.3, 0.4) is 0 Å². The van der Waals surface area contributed by atoms with E-state index in [1.807, 2.05) is 60.3 Å². The first-order valence-corrected chi connectivity index (χ1v) is 7.93. The topological polar surface area (TPSA) is 66.3 Å². The van der Waals surface area contributed by atoms with Gasteiger partial charge in [-0.3, -0.25) is 0 Å². The molecule has 1 heterocycles. The molecule has 0 spiro atoms. The van der Waals surface area contributed by atoms with Crippen molar-refractivity contribution < 1.29 is 9.90 Å². The SMILES string of the molecule is Cn1cccc1C(O)CNC(=O)NCc1cccc2ccccc12. The Kier molecular flexibility index (Phi) is 4.82. The molecule has 2 amide bonds. The first-order chi connectivity index (χ1) is 11.6. The summed E-state index contributed by atoms with van der Waals surface area (Å²) in [5, 5.41) is 17.9. The quantitative estimate of drug-likeness (QED) is 0.676. The van der Waals surface area contributed by atoms with Crippen molar-refractivity contribution in [2.75, 3.05) is 6.54 Å². The molecule has 5 heteroatoms. The second kappa shape index (κ2) is 7.19. The van der Waals surface area contributed by atoms with Gasteiger partial charge in [-0.1, -0.05) is 42.5 Å². The van der Waals surface area contributed by atoms with Gasteiger partial charge in [-0.25, -0.2) is 4.79 Å². The fourth-order valence-corrected chi connectivity index (χ4v) is 2.80. The highest BCUT2D eigenvalue weighted by atomic mass is 16.3. The Morgan fingerprint density at radius 3 is 2.67 bits per heavy atom. The molecule has 1 aromatic heterocycles. The van der Waals surface area contributed by atoms with Gasteiger partial charge in [-0.15, -0.1) is 0 Å². The van der Waals surface area contributed by atoms with E-state index in [2.05, 4.69) is 22.8 Å². The molecule has 0 saturated heterocycles. The average Bonchev–Trinajstić information content (AvgIpc) is 3.04. The summed E-state index contributed by atoms with van der Waals surface area (Å²) in [5.74, 6) is 0. The van der Waals surface area contributed by atoms with E-state index in [1.54, 1.807) is 0 Å². The third kappa shape index (κ3) is 3.58. The molecule has 1 atom stereocenters. The van der Waals surface area contributed by atoms with Gasteiger partial charge in [0.15, 0.2) is 0 Å². The first-order valence-electron chi connectivity index (χ1n) is 7.93. The predicted octanol–water partition coefficient (Wildman–Crippen LogP) is 2.71. The summed E-state index contributed by atoms with van der Waals surface area (Å²) in [6.45, 7) is 0.604. The van der Waals surface area contributed by atoms with Crippen molar-refractivity contribution >= 4 is 16.8 Å². The molecule has 0 radical (unpaired) electrons. The van der Waals surface area contributed by atoms with Crippen LogP contribution in [0.2, 0.25) is 0 Å². The van der Waals surface area contributed by atoms with Crippen molar-refractivity contribution in [2.24, 2.45) is 7.05 Å². The molecule has 0 bridgehead atoms. The van der Waals surface area contributed by atoms with E-state index in [9.17, 15) is 9.90 Å². The Morgan fingerprint density at radius 2 is 1.88 bits per heavy atom. The van der Waals surface area contributed by atoms with Gasteiger partial charge in [-0.05, 0) is 28.5 Å². The van der Waals surface area contributed by atoms with Crippen molar-refractivity contribution in [3.8, 4) is 0 Å². The molecule has 0 saturated carbocycles. The number of nitrogens with zero attached hydrogens (tertiary/aromatic N) is 1. The second-order valence-electron chi connectivity index (χ2n) is 5.76. The minimum Gasteiger partial charge on any atom is -0.385 e. The Labute approximate surface area is 140 Å². The van der Waals surface area contributed by atoms with Gasteiger partial charge in [0, 0.05) is 25.5 Å². The van der Waals surface area contributed by atoms with Crippen LogP contribution in [0.1, 0.15) is 17.4 Å². The maximum absolute atomic E-state index is 12.0. The number of rotatable bonds is 5. The molecular weight excluding hydrogens is 302 g/mol. The minimum absolute atomic E-state index is 0.166. The lowest BCUT2D eigenvalue weighted by molar-refractivity contribution is 0.166. The van der Waals surface area contributed by atoms with Crippen LogP contribution in [-0.4, -0.2) is 22.2 Å². The van der Waals surface area contributed by atoms with Crippen LogP contribution in [0.5, 0.6) is 0 Å². The number of amides is 2. The molecule has 0 aliphatic heterocycles. The molecule has 0 aliphatic rings. The van der Waals surface area contributed by atoms with Crippen molar-refractivity contribution in [3.05, 3.63) is 72.1 Å². The zero-order valence-electron chi connectivity index (χ0n) is 13.6. The monoisotopic (exact) mass is 323 g/mol. The van der Waals surface area contributed by atoms with Crippen molar-refractivity contribution in [2.45, 2.75) is 12.6 Å². The van der Waals surface area contributed by atoms with Gasteiger partial charge in [0.2, 0.25) is 0 Å². The third-order valence-electron chi connectivity index (χ3n) is 4.10. The number of carbonyl (C=O) groups is 1. The van der Waals surface area contributed by atoms with E-state index in [-0.39, 0.29) is 12.6 Å². The zero-order chi connectivity index (χ0) is 16.9. The van der Waals surface area contributed by atoms with Crippen LogP contribution in [0, 0.1) is 0 Å². The molecule has 5 nitrogen and oxygen atoms in total. The van der Waals surface area contributed by atoms with Crippen molar-refractivity contribution in [1.29, 1.82) is 0 Å². The van der Waals surface area contributed by atoms with E-state index < -0.39 is 6.10 Å².